The number of carbonyl (C=O) groups excluding carboxylic acids is 1. The van der Waals surface area contributed by atoms with E-state index in [4.69, 9.17) is 9.47 Å². The highest BCUT2D eigenvalue weighted by atomic mass is 16.5. The lowest BCUT2D eigenvalue weighted by molar-refractivity contribution is -0.113. The van der Waals surface area contributed by atoms with Gasteiger partial charge in [0.25, 0.3) is 5.91 Å². The molecule has 0 aliphatic carbocycles. The number of anilines is 2. The van der Waals surface area contributed by atoms with Crippen LogP contribution in [-0.4, -0.2) is 34.4 Å². The van der Waals surface area contributed by atoms with Gasteiger partial charge in [-0.1, -0.05) is 24.3 Å². The van der Waals surface area contributed by atoms with Crippen LogP contribution in [0.25, 0.3) is 0 Å². The number of benzene rings is 2. The molecule has 4 rings (SSSR count). The Bertz CT molecular complexity index is 1090. The molecule has 0 bridgehead atoms. The van der Waals surface area contributed by atoms with E-state index in [9.17, 15) is 4.79 Å². The third-order valence-electron chi connectivity index (χ3n) is 4.87. The summed E-state index contributed by atoms with van der Waals surface area (Å²) >= 11 is 0. The van der Waals surface area contributed by atoms with E-state index < -0.39 is 6.04 Å². The molecule has 0 saturated carbocycles. The minimum absolute atomic E-state index is 0.217. The van der Waals surface area contributed by atoms with E-state index in [-0.39, 0.29) is 5.91 Å². The summed E-state index contributed by atoms with van der Waals surface area (Å²) in [6, 6.07) is 14.5. The second-order valence-corrected chi connectivity index (χ2v) is 6.76. The molecule has 3 aromatic rings. The van der Waals surface area contributed by atoms with Crippen molar-refractivity contribution >= 4 is 17.5 Å². The van der Waals surface area contributed by atoms with Crippen LogP contribution in [0.5, 0.6) is 11.5 Å². The molecule has 1 unspecified atom stereocenters. The molecule has 0 fully saturated rings. The zero-order chi connectivity index (χ0) is 21.1. The molecule has 1 aromatic heterocycles. The van der Waals surface area contributed by atoms with Gasteiger partial charge in [0, 0.05) is 11.4 Å². The highest BCUT2D eigenvalue weighted by Crippen LogP contribution is 2.38. The maximum Gasteiger partial charge on any atom is 0.255 e. The van der Waals surface area contributed by atoms with Crippen LogP contribution in [0.3, 0.4) is 0 Å². The van der Waals surface area contributed by atoms with Gasteiger partial charge in [-0.25, -0.2) is 4.68 Å². The van der Waals surface area contributed by atoms with Crippen LogP contribution in [0.2, 0.25) is 0 Å². The van der Waals surface area contributed by atoms with Gasteiger partial charge in [0.2, 0.25) is 5.95 Å². The molecule has 1 amide bonds. The largest absolute Gasteiger partial charge is 0.493 e. The fourth-order valence-corrected chi connectivity index (χ4v) is 3.54. The second-order valence-electron chi connectivity index (χ2n) is 6.76. The Labute approximate surface area is 174 Å². The van der Waals surface area contributed by atoms with Crippen molar-refractivity contribution in [2.75, 3.05) is 24.4 Å². The summed E-state index contributed by atoms with van der Waals surface area (Å²) in [5, 5.41) is 10.5. The third-order valence-corrected chi connectivity index (χ3v) is 4.87. The van der Waals surface area contributed by atoms with Crippen molar-refractivity contribution in [3.63, 3.8) is 0 Å². The number of methoxy groups -OCH3 is 1. The van der Waals surface area contributed by atoms with E-state index in [1.807, 2.05) is 62.4 Å². The minimum Gasteiger partial charge on any atom is -0.493 e. The van der Waals surface area contributed by atoms with Gasteiger partial charge in [-0.3, -0.25) is 4.79 Å². The fraction of sp³-hybridized carbons (Fsp3) is 0.227. The smallest absolute Gasteiger partial charge is 0.255 e. The van der Waals surface area contributed by atoms with Gasteiger partial charge in [0.05, 0.1) is 19.3 Å². The summed E-state index contributed by atoms with van der Waals surface area (Å²) in [6.07, 6.45) is 1.47. The SMILES string of the molecule is CCOc1cc(C2C(C(=O)Nc3ccccc3)=C(C)Nc3ncnn32)ccc1OC. The van der Waals surface area contributed by atoms with Gasteiger partial charge in [-0.15, -0.1) is 0 Å². The first-order valence-corrected chi connectivity index (χ1v) is 9.66. The molecule has 30 heavy (non-hydrogen) atoms. The molecule has 1 atom stereocenters. The van der Waals surface area contributed by atoms with Crippen LogP contribution < -0.4 is 20.1 Å². The molecule has 1 aliphatic rings. The molecule has 8 heteroatoms. The van der Waals surface area contributed by atoms with Crippen LogP contribution in [-0.2, 0) is 4.79 Å². The first-order valence-electron chi connectivity index (χ1n) is 9.66. The van der Waals surface area contributed by atoms with Crippen molar-refractivity contribution in [2.45, 2.75) is 19.9 Å². The number of fused-ring (bicyclic) bond motifs is 1. The highest BCUT2D eigenvalue weighted by molar-refractivity contribution is 6.06. The molecule has 0 saturated heterocycles. The number of allylic oxidation sites excluding steroid dienone is 1. The van der Waals surface area contributed by atoms with Crippen molar-refractivity contribution in [1.82, 2.24) is 14.8 Å². The molecule has 8 nitrogen and oxygen atoms in total. The van der Waals surface area contributed by atoms with E-state index >= 15 is 0 Å². The Morgan fingerprint density at radius 3 is 2.73 bits per heavy atom. The number of para-hydroxylation sites is 1. The number of nitrogens with zero attached hydrogens (tertiary/aromatic N) is 3. The van der Waals surface area contributed by atoms with Crippen LogP contribution >= 0.6 is 0 Å². The van der Waals surface area contributed by atoms with E-state index in [0.29, 0.717) is 35.3 Å². The molecule has 2 aromatic carbocycles. The molecule has 0 spiro atoms. The molecule has 2 N–H and O–H groups in total. The quantitative estimate of drug-likeness (QED) is 0.651. The topological polar surface area (TPSA) is 90.3 Å². The van der Waals surface area contributed by atoms with E-state index in [2.05, 4.69) is 20.7 Å². The standard InChI is InChI=1S/C22H23N5O3/c1-4-30-18-12-15(10-11-17(18)29-3)20-19(14(2)25-22-23-13-24-27(20)22)21(28)26-16-8-6-5-7-9-16/h5-13,20H,4H2,1-3H3,(H,26,28)(H,23,24,25). The Balaban J connectivity index is 1.78. The van der Waals surface area contributed by atoms with Gasteiger partial charge >= 0.3 is 0 Å². The van der Waals surface area contributed by atoms with Crippen molar-refractivity contribution in [3.05, 3.63) is 71.7 Å². The number of hydrogen-bond donors (Lipinski definition) is 2. The molecule has 2 heterocycles. The lowest BCUT2D eigenvalue weighted by atomic mass is 9.94. The normalized spacial score (nSPS) is 15.2. The Morgan fingerprint density at radius 2 is 2.00 bits per heavy atom. The summed E-state index contributed by atoms with van der Waals surface area (Å²) in [4.78, 5) is 17.6. The van der Waals surface area contributed by atoms with Crippen molar-refractivity contribution in [1.29, 1.82) is 0 Å². The van der Waals surface area contributed by atoms with Crippen molar-refractivity contribution in [3.8, 4) is 11.5 Å². The maximum atomic E-state index is 13.3. The Kier molecular flexibility index (Phi) is 5.38. The molecule has 1 aliphatic heterocycles. The van der Waals surface area contributed by atoms with Crippen molar-refractivity contribution in [2.24, 2.45) is 0 Å². The number of rotatable bonds is 6. The molecular weight excluding hydrogens is 382 g/mol. The van der Waals surface area contributed by atoms with Crippen LogP contribution in [0.4, 0.5) is 11.6 Å². The molecular formula is C22H23N5O3. The molecule has 0 radical (unpaired) electrons. The zero-order valence-electron chi connectivity index (χ0n) is 17.0. The number of nitrogens with one attached hydrogen (secondary N) is 2. The zero-order valence-corrected chi connectivity index (χ0v) is 17.0. The van der Waals surface area contributed by atoms with Gasteiger partial charge < -0.3 is 20.1 Å². The summed E-state index contributed by atoms with van der Waals surface area (Å²) < 4.78 is 12.8. The van der Waals surface area contributed by atoms with E-state index in [0.717, 1.165) is 11.3 Å². The number of hydrogen-bond acceptors (Lipinski definition) is 6. The van der Waals surface area contributed by atoms with Gasteiger partial charge in [-0.05, 0) is 43.7 Å². The van der Waals surface area contributed by atoms with Gasteiger partial charge in [-0.2, -0.15) is 10.1 Å². The van der Waals surface area contributed by atoms with Crippen LogP contribution in [0, 0.1) is 0 Å². The van der Waals surface area contributed by atoms with Crippen LogP contribution in [0.15, 0.2) is 66.1 Å². The van der Waals surface area contributed by atoms with E-state index in [1.165, 1.54) is 6.33 Å². The van der Waals surface area contributed by atoms with Crippen molar-refractivity contribution < 1.29 is 14.3 Å². The minimum atomic E-state index is -0.474. The fourth-order valence-electron chi connectivity index (χ4n) is 3.54. The maximum absolute atomic E-state index is 13.3. The average molecular weight is 405 g/mol. The predicted molar refractivity (Wildman–Crippen MR) is 114 cm³/mol. The highest BCUT2D eigenvalue weighted by Gasteiger charge is 2.34. The van der Waals surface area contributed by atoms with E-state index in [1.54, 1.807) is 11.8 Å². The van der Waals surface area contributed by atoms with Crippen LogP contribution in [0.1, 0.15) is 25.5 Å². The number of ether oxygens (including phenoxy) is 2. The van der Waals surface area contributed by atoms with Gasteiger partial charge in [0.1, 0.15) is 12.4 Å². The first-order chi connectivity index (χ1) is 14.6. The summed E-state index contributed by atoms with van der Waals surface area (Å²) in [5.41, 5.74) is 2.81. The Hall–Kier alpha value is -3.81. The monoisotopic (exact) mass is 405 g/mol. The second kappa shape index (κ2) is 8.28. The predicted octanol–water partition coefficient (Wildman–Crippen LogP) is 3.61. The average Bonchev–Trinajstić information content (AvgIpc) is 3.21. The Morgan fingerprint density at radius 1 is 1.20 bits per heavy atom. The lowest BCUT2D eigenvalue weighted by Crippen LogP contribution is -2.31. The summed E-state index contributed by atoms with van der Waals surface area (Å²) in [6.45, 7) is 4.27. The number of carbonyl (C=O) groups is 1. The summed E-state index contributed by atoms with van der Waals surface area (Å²) in [5.74, 6) is 1.59. The summed E-state index contributed by atoms with van der Waals surface area (Å²) in [7, 11) is 1.60. The number of amides is 1. The lowest BCUT2D eigenvalue weighted by Gasteiger charge is -2.29. The van der Waals surface area contributed by atoms with Gasteiger partial charge in [0.15, 0.2) is 11.5 Å². The third kappa shape index (κ3) is 3.59. The molecule has 154 valence electrons. The number of aromatic nitrogens is 3. The first kappa shape index (κ1) is 19.5.